The molecule has 0 unspecified atom stereocenters. The zero-order valence-electron chi connectivity index (χ0n) is 8.05. The van der Waals surface area contributed by atoms with E-state index in [4.69, 9.17) is 0 Å². The highest BCUT2D eigenvalue weighted by molar-refractivity contribution is 5.10. The Labute approximate surface area is 75.4 Å². The summed E-state index contributed by atoms with van der Waals surface area (Å²) in [5, 5.41) is 0. The van der Waals surface area contributed by atoms with Crippen LogP contribution >= 0.6 is 0 Å². The van der Waals surface area contributed by atoms with Gasteiger partial charge < -0.3 is 0 Å². The molecule has 0 aromatic rings. The van der Waals surface area contributed by atoms with E-state index in [1.54, 1.807) is 5.57 Å². The third kappa shape index (κ3) is 1.71. The molecule has 0 atom stereocenters. The van der Waals surface area contributed by atoms with Crippen LogP contribution in [0, 0.1) is 0 Å². The Morgan fingerprint density at radius 3 is 2.50 bits per heavy atom. The minimum Gasteiger partial charge on any atom is -0.300 e. The van der Waals surface area contributed by atoms with E-state index in [-0.39, 0.29) is 0 Å². The van der Waals surface area contributed by atoms with Crippen molar-refractivity contribution in [1.29, 1.82) is 0 Å². The van der Waals surface area contributed by atoms with E-state index in [1.807, 2.05) is 0 Å². The van der Waals surface area contributed by atoms with Gasteiger partial charge in [-0.15, -0.1) is 0 Å². The summed E-state index contributed by atoms with van der Waals surface area (Å²) in [6, 6.07) is 0.905. The Bertz CT molecular complexity index is 173. The maximum atomic E-state index is 2.51. The van der Waals surface area contributed by atoms with Gasteiger partial charge in [-0.1, -0.05) is 18.1 Å². The highest BCUT2D eigenvalue weighted by atomic mass is 15.1. The van der Waals surface area contributed by atoms with E-state index in [1.165, 1.54) is 45.1 Å². The topological polar surface area (TPSA) is 3.24 Å². The predicted octanol–water partition coefficient (Wildman–Crippen LogP) is 2.58. The number of likely N-dealkylation sites (N-methyl/N-ethyl adjacent to an activating group) is 1. The molecule has 0 N–H and O–H groups in total. The SMILES string of the molecule is CN(CC=C1CCC1)C1CCC1. The molecule has 2 aliphatic rings. The van der Waals surface area contributed by atoms with Crippen LogP contribution in [-0.4, -0.2) is 24.5 Å². The van der Waals surface area contributed by atoms with Crippen LogP contribution in [0.2, 0.25) is 0 Å². The first kappa shape index (κ1) is 8.31. The van der Waals surface area contributed by atoms with Crippen molar-refractivity contribution >= 4 is 0 Å². The number of nitrogens with zero attached hydrogens (tertiary/aromatic N) is 1. The quantitative estimate of drug-likeness (QED) is 0.581. The molecule has 2 rings (SSSR count). The molecule has 0 aliphatic heterocycles. The lowest BCUT2D eigenvalue weighted by Crippen LogP contribution is -2.37. The van der Waals surface area contributed by atoms with Crippen LogP contribution in [0.4, 0.5) is 0 Å². The largest absolute Gasteiger partial charge is 0.300 e. The maximum Gasteiger partial charge on any atom is 0.0165 e. The lowest BCUT2D eigenvalue weighted by molar-refractivity contribution is 0.175. The fourth-order valence-corrected chi connectivity index (χ4v) is 1.83. The van der Waals surface area contributed by atoms with Crippen molar-refractivity contribution in [2.24, 2.45) is 0 Å². The van der Waals surface area contributed by atoms with E-state index >= 15 is 0 Å². The fraction of sp³-hybridized carbons (Fsp3) is 0.818. The van der Waals surface area contributed by atoms with Crippen molar-refractivity contribution in [3.05, 3.63) is 11.6 Å². The summed E-state index contributed by atoms with van der Waals surface area (Å²) in [7, 11) is 2.26. The van der Waals surface area contributed by atoms with Crippen molar-refractivity contribution < 1.29 is 0 Å². The summed E-state index contributed by atoms with van der Waals surface area (Å²) in [5.74, 6) is 0. The van der Waals surface area contributed by atoms with Crippen LogP contribution in [0.1, 0.15) is 38.5 Å². The number of allylic oxidation sites excluding steroid dienone is 1. The number of hydrogen-bond acceptors (Lipinski definition) is 1. The second kappa shape index (κ2) is 3.61. The first-order chi connectivity index (χ1) is 5.86. The minimum atomic E-state index is 0.905. The molecule has 2 aliphatic carbocycles. The van der Waals surface area contributed by atoms with Crippen LogP contribution in [0.15, 0.2) is 11.6 Å². The third-order valence-electron chi connectivity index (χ3n) is 3.36. The van der Waals surface area contributed by atoms with Gasteiger partial charge in [-0.05, 0) is 39.2 Å². The van der Waals surface area contributed by atoms with Gasteiger partial charge in [0.05, 0.1) is 0 Å². The van der Waals surface area contributed by atoms with Gasteiger partial charge >= 0.3 is 0 Å². The van der Waals surface area contributed by atoms with Crippen LogP contribution in [0.3, 0.4) is 0 Å². The lowest BCUT2D eigenvalue weighted by atomic mass is 9.90. The van der Waals surface area contributed by atoms with Crippen molar-refractivity contribution in [1.82, 2.24) is 4.90 Å². The van der Waals surface area contributed by atoms with Gasteiger partial charge in [-0.2, -0.15) is 0 Å². The average Bonchev–Trinajstić information content (AvgIpc) is 1.79. The Morgan fingerprint density at radius 1 is 1.33 bits per heavy atom. The molecule has 0 heterocycles. The number of hydrogen-bond donors (Lipinski definition) is 0. The molecule has 68 valence electrons. The molecule has 0 aromatic carbocycles. The van der Waals surface area contributed by atoms with E-state index in [2.05, 4.69) is 18.0 Å². The van der Waals surface area contributed by atoms with Crippen LogP contribution in [-0.2, 0) is 0 Å². The first-order valence-corrected chi connectivity index (χ1v) is 5.24. The van der Waals surface area contributed by atoms with Gasteiger partial charge in [0, 0.05) is 12.6 Å². The Hall–Kier alpha value is -0.300. The predicted molar refractivity (Wildman–Crippen MR) is 52.2 cm³/mol. The van der Waals surface area contributed by atoms with E-state index in [0.717, 1.165) is 6.04 Å². The van der Waals surface area contributed by atoms with Gasteiger partial charge in [-0.3, -0.25) is 4.90 Å². The summed E-state index contributed by atoms with van der Waals surface area (Å²) in [5.41, 5.74) is 1.70. The summed E-state index contributed by atoms with van der Waals surface area (Å²) < 4.78 is 0. The Kier molecular flexibility index (Phi) is 2.50. The molecule has 0 spiro atoms. The minimum absolute atomic E-state index is 0.905. The molecule has 0 aromatic heterocycles. The fourth-order valence-electron chi connectivity index (χ4n) is 1.83. The maximum absolute atomic E-state index is 2.51. The van der Waals surface area contributed by atoms with Crippen LogP contribution in [0.5, 0.6) is 0 Å². The van der Waals surface area contributed by atoms with Gasteiger partial charge in [-0.25, -0.2) is 0 Å². The zero-order chi connectivity index (χ0) is 8.39. The summed E-state index contributed by atoms with van der Waals surface area (Å²) in [6.07, 6.45) is 10.9. The molecule has 0 saturated heterocycles. The van der Waals surface area contributed by atoms with E-state index in [9.17, 15) is 0 Å². The highest BCUT2D eigenvalue weighted by Gasteiger charge is 2.21. The summed E-state index contributed by atoms with van der Waals surface area (Å²) >= 11 is 0. The van der Waals surface area contributed by atoms with Crippen molar-refractivity contribution in [3.8, 4) is 0 Å². The van der Waals surface area contributed by atoms with Gasteiger partial charge in [0.2, 0.25) is 0 Å². The molecule has 2 fully saturated rings. The monoisotopic (exact) mass is 165 g/mol. The molecule has 12 heavy (non-hydrogen) atoms. The Morgan fingerprint density at radius 2 is 2.08 bits per heavy atom. The molecule has 0 amide bonds. The summed E-state index contributed by atoms with van der Waals surface area (Å²) in [6.45, 7) is 1.19. The highest BCUT2D eigenvalue weighted by Crippen LogP contribution is 2.26. The van der Waals surface area contributed by atoms with Crippen LogP contribution < -0.4 is 0 Å². The standard InChI is InChI=1S/C11H19N/c1-12(11-6-3-7-11)9-8-10-4-2-5-10/h8,11H,2-7,9H2,1H3. The number of rotatable bonds is 3. The third-order valence-corrected chi connectivity index (χ3v) is 3.36. The van der Waals surface area contributed by atoms with Gasteiger partial charge in [0.15, 0.2) is 0 Å². The average molecular weight is 165 g/mol. The molecular weight excluding hydrogens is 146 g/mol. The van der Waals surface area contributed by atoms with Gasteiger partial charge in [0.1, 0.15) is 0 Å². The van der Waals surface area contributed by atoms with Crippen molar-refractivity contribution in [3.63, 3.8) is 0 Å². The molecular formula is C11H19N. The second-order valence-electron chi connectivity index (χ2n) is 4.24. The lowest BCUT2D eigenvalue weighted by Gasteiger charge is -2.34. The normalized spacial score (nSPS) is 23.7. The van der Waals surface area contributed by atoms with Crippen molar-refractivity contribution in [2.75, 3.05) is 13.6 Å². The molecule has 1 nitrogen and oxygen atoms in total. The second-order valence-corrected chi connectivity index (χ2v) is 4.24. The summed E-state index contributed by atoms with van der Waals surface area (Å²) in [4.78, 5) is 2.51. The molecule has 1 heteroatoms. The van der Waals surface area contributed by atoms with E-state index in [0.29, 0.717) is 0 Å². The Balaban J connectivity index is 1.70. The molecule has 2 saturated carbocycles. The zero-order valence-corrected chi connectivity index (χ0v) is 8.05. The van der Waals surface area contributed by atoms with Crippen LogP contribution in [0.25, 0.3) is 0 Å². The smallest absolute Gasteiger partial charge is 0.0165 e. The molecule has 0 bridgehead atoms. The van der Waals surface area contributed by atoms with Crippen molar-refractivity contribution in [2.45, 2.75) is 44.6 Å². The first-order valence-electron chi connectivity index (χ1n) is 5.24. The van der Waals surface area contributed by atoms with Gasteiger partial charge in [0.25, 0.3) is 0 Å². The molecule has 0 radical (unpaired) electrons. The van der Waals surface area contributed by atoms with E-state index < -0.39 is 0 Å².